The molecule has 0 unspecified atom stereocenters. The molecule has 1 spiro atoms. The largest absolute Gasteiger partial charge is 0.467 e. The summed E-state index contributed by atoms with van der Waals surface area (Å²) in [6.45, 7) is 0.836. The zero-order valence-corrected chi connectivity index (χ0v) is 19.6. The summed E-state index contributed by atoms with van der Waals surface area (Å²) in [5.74, 6) is -0.809. The van der Waals surface area contributed by atoms with E-state index in [1.165, 1.54) is 29.4 Å². The average molecular weight is 492 g/mol. The number of carbonyl (C=O) groups is 3. The Bertz CT molecular complexity index is 1240. The van der Waals surface area contributed by atoms with E-state index >= 15 is 0 Å². The Morgan fingerprint density at radius 1 is 0.944 bits per heavy atom. The molecule has 0 radical (unpaired) electrons. The third-order valence-electron chi connectivity index (χ3n) is 6.72. The molecule has 2 saturated heterocycles. The van der Waals surface area contributed by atoms with E-state index in [-0.39, 0.29) is 36.4 Å². The molecule has 186 valence electrons. The van der Waals surface area contributed by atoms with Crippen LogP contribution >= 0.6 is 0 Å². The van der Waals surface area contributed by atoms with Crippen molar-refractivity contribution in [2.45, 2.75) is 31.2 Å². The number of carbonyl (C=O) groups excluding carboxylic acids is 3. The van der Waals surface area contributed by atoms with Gasteiger partial charge in [0.25, 0.3) is 11.8 Å². The molecule has 1 aromatic heterocycles. The Kier molecular flexibility index (Phi) is 6.56. The van der Waals surface area contributed by atoms with Crippen LogP contribution in [0.5, 0.6) is 0 Å². The standard InChI is InChI=1S/C27H26FN3O5/c28-21-9-4-8-20(16-21)25(33)30-13-11-27(12-14-30)31(26(34)19-6-2-1-3-7-19)23(18-36-27)24(32)29-17-22-10-5-15-35-22/h1-10,15-16,23H,11-14,17-18H2,(H,29,32)/t23-/m1/s1. The number of likely N-dealkylation sites (tertiary alicyclic amines) is 1. The first-order valence-electron chi connectivity index (χ1n) is 11.8. The second-order valence-corrected chi connectivity index (χ2v) is 8.91. The fraction of sp³-hybridized carbons (Fsp3) is 0.296. The van der Waals surface area contributed by atoms with Gasteiger partial charge in [-0.05, 0) is 42.5 Å². The second kappa shape index (κ2) is 9.94. The Hall–Kier alpha value is -3.98. The van der Waals surface area contributed by atoms with Gasteiger partial charge in [-0.3, -0.25) is 19.3 Å². The zero-order chi connectivity index (χ0) is 25.1. The maximum absolute atomic E-state index is 13.7. The third-order valence-corrected chi connectivity index (χ3v) is 6.72. The monoisotopic (exact) mass is 491 g/mol. The fourth-order valence-electron chi connectivity index (χ4n) is 4.86. The van der Waals surface area contributed by atoms with Crippen molar-refractivity contribution in [3.63, 3.8) is 0 Å². The Morgan fingerprint density at radius 3 is 2.39 bits per heavy atom. The van der Waals surface area contributed by atoms with E-state index in [2.05, 4.69) is 5.32 Å². The topological polar surface area (TPSA) is 92.1 Å². The van der Waals surface area contributed by atoms with Crippen molar-refractivity contribution in [1.82, 2.24) is 15.1 Å². The summed E-state index contributed by atoms with van der Waals surface area (Å²) < 4.78 is 25.1. The molecule has 8 nitrogen and oxygen atoms in total. The highest BCUT2D eigenvalue weighted by molar-refractivity contribution is 5.98. The van der Waals surface area contributed by atoms with Gasteiger partial charge in [0.15, 0.2) is 0 Å². The lowest BCUT2D eigenvalue weighted by Gasteiger charge is -2.44. The molecule has 0 saturated carbocycles. The average Bonchev–Trinajstić information content (AvgIpc) is 3.56. The first-order valence-corrected chi connectivity index (χ1v) is 11.8. The summed E-state index contributed by atoms with van der Waals surface area (Å²) in [5, 5.41) is 2.83. The first-order chi connectivity index (χ1) is 17.5. The van der Waals surface area contributed by atoms with Crippen LogP contribution in [0.1, 0.15) is 39.3 Å². The quantitative estimate of drug-likeness (QED) is 0.592. The molecular weight excluding hydrogens is 465 g/mol. The zero-order valence-electron chi connectivity index (χ0n) is 19.6. The van der Waals surface area contributed by atoms with Gasteiger partial charge in [0.2, 0.25) is 5.91 Å². The maximum atomic E-state index is 13.7. The molecule has 1 N–H and O–H groups in total. The summed E-state index contributed by atoms with van der Waals surface area (Å²) in [6, 6.07) is 17.0. The number of halogens is 1. The van der Waals surface area contributed by atoms with Crippen molar-refractivity contribution in [3.05, 3.63) is 95.7 Å². The minimum absolute atomic E-state index is 0.0421. The summed E-state index contributed by atoms with van der Waals surface area (Å²) in [6.07, 6.45) is 2.18. The number of hydrogen-bond acceptors (Lipinski definition) is 5. The highest BCUT2D eigenvalue weighted by atomic mass is 19.1. The van der Waals surface area contributed by atoms with Gasteiger partial charge in [-0.15, -0.1) is 0 Å². The molecule has 1 atom stereocenters. The molecule has 3 aromatic rings. The van der Waals surface area contributed by atoms with Crippen LogP contribution < -0.4 is 5.32 Å². The predicted octanol–water partition coefficient (Wildman–Crippen LogP) is 3.21. The number of amides is 3. The van der Waals surface area contributed by atoms with Gasteiger partial charge in [0.1, 0.15) is 23.3 Å². The predicted molar refractivity (Wildman–Crippen MR) is 127 cm³/mol. The van der Waals surface area contributed by atoms with Crippen molar-refractivity contribution in [2.75, 3.05) is 19.7 Å². The second-order valence-electron chi connectivity index (χ2n) is 8.91. The van der Waals surface area contributed by atoms with Crippen LogP contribution in [0.25, 0.3) is 0 Å². The Balaban J connectivity index is 1.35. The van der Waals surface area contributed by atoms with E-state index in [0.29, 0.717) is 37.3 Å². The number of piperidine rings is 1. The number of rotatable bonds is 5. The number of nitrogens with one attached hydrogen (secondary N) is 1. The normalized spacial score (nSPS) is 18.9. The number of benzene rings is 2. The van der Waals surface area contributed by atoms with Gasteiger partial charge in [0, 0.05) is 37.1 Å². The molecule has 36 heavy (non-hydrogen) atoms. The lowest BCUT2D eigenvalue weighted by molar-refractivity contribution is -0.128. The molecular formula is C27H26FN3O5. The Labute approximate surface area is 207 Å². The van der Waals surface area contributed by atoms with Crippen molar-refractivity contribution >= 4 is 17.7 Å². The van der Waals surface area contributed by atoms with Crippen molar-refractivity contribution in [2.24, 2.45) is 0 Å². The number of hydrogen-bond donors (Lipinski definition) is 1. The molecule has 0 bridgehead atoms. The Morgan fingerprint density at radius 2 is 1.69 bits per heavy atom. The molecule has 2 aliphatic rings. The van der Waals surface area contributed by atoms with E-state index < -0.39 is 17.6 Å². The van der Waals surface area contributed by atoms with Crippen LogP contribution in [0.15, 0.2) is 77.4 Å². The van der Waals surface area contributed by atoms with Crippen LogP contribution in [-0.4, -0.2) is 59.0 Å². The van der Waals surface area contributed by atoms with Crippen LogP contribution in [0.3, 0.4) is 0 Å². The highest BCUT2D eigenvalue weighted by Crippen LogP contribution is 2.38. The lowest BCUT2D eigenvalue weighted by atomic mass is 9.96. The van der Waals surface area contributed by atoms with Crippen LogP contribution in [0.2, 0.25) is 0 Å². The molecule has 2 fully saturated rings. The van der Waals surface area contributed by atoms with Gasteiger partial charge in [-0.2, -0.15) is 0 Å². The molecule has 5 rings (SSSR count). The SMILES string of the molecule is O=C(NCc1ccco1)[C@H]1COC2(CCN(C(=O)c3cccc(F)c3)CC2)N1C(=O)c1ccccc1. The van der Waals surface area contributed by atoms with Gasteiger partial charge in [-0.1, -0.05) is 24.3 Å². The van der Waals surface area contributed by atoms with Gasteiger partial charge in [0.05, 0.1) is 19.4 Å². The maximum Gasteiger partial charge on any atom is 0.256 e. The van der Waals surface area contributed by atoms with E-state index in [9.17, 15) is 18.8 Å². The minimum atomic E-state index is -1.03. The highest BCUT2D eigenvalue weighted by Gasteiger charge is 2.54. The third kappa shape index (κ3) is 4.61. The van der Waals surface area contributed by atoms with Gasteiger partial charge >= 0.3 is 0 Å². The van der Waals surface area contributed by atoms with Crippen molar-refractivity contribution in [1.29, 1.82) is 0 Å². The summed E-state index contributed by atoms with van der Waals surface area (Å²) in [7, 11) is 0. The molecule has 3 heterocycles. The van der Waals surface area contributed by atoms with E-state index in [1.807, 2.05) is 6.07 Å². The number of furan rings is 1. The molecule has 3 amide bonds. The van der Waals surface area contributed by atoms with Crippen LogP contribution in [0.4, 0.5) is 4.39 Å². The van der Waals surface area contributed by atoms with Crippen molar-refractivity contribution < 1.29 is 27.9 Å². The van der Waals surface area contributed by atoms with Crippen LogP contribution in [0, 0.1) is 5.82 Å². The minimum Gasteiger partial charge on any atom is -0.467 e. The smallest absolute Gasteiger partial charge is 0.256 e. The molecule has 2 aromatic carbocycles. The number of nitrogens with zero attached hydrogens (tertiary/aromatic N) is 2. The molecule has 9 heteroatoms. The van der Waals surface area contributed by atoms with E-state index in [4.69, 9.17) is 9.15 Å². The fourth-order valence-corrected chi connectivity index (χ4v) is 4.86. The van der Waals surface area contributed by atoms with Gasteiger partial charge in [-0.25, -0.2) is 4.39 Å². The lowest BCUT2D eigenvalue weighted by Crippen LogP contribution is -2.59. The van der Waals surface area contributed by atoms with E-state index in [1.54, 1.807) is 47.4 Å². The summed E-state index contributed by atoms with van der Waals surface area (Å²) >= 11 is 0. The molecule has 0 aliphatic carbocycles. The van der Waals surface area contributed by atoms with Crippen LogP contribution in [-0.2, 0) is 16.1 Å². The number of ether oxygens (including phenoxy) is 1. The first kappa shape index (κ1) is 23.7. The van der Waals surface area contributed by atoms with E-state index in [0.717, 1.165) is 0 Å². The molecule has 2 aliphatic heterocycles. The van der Waals surface area contributed by atoms with Gasteiger partial charge < -0.3 is 19.4 Å². The van der Waals surface area contributed by atoms with Crippen molar-refractivity contribution in [3.8, 4) is 0 Å². The summed E-state index contributed by atoms with van der Waals surface area (Å²) in [4.78, 5) is 42.9. The summed E-state index contributed by atoms with van der Waals surface area (Å²) in [5.41, 5.74) is -0.312.